The minimum Gasteiger partial charge on any atom is -0.465 e. The van der Waals surface area contributed by atoms with Gasteiger partial charge in [-0.3, -0.25) is 13.9 Å². The second-order valence-corrected chi connectivity index (χ2v) is 15.6. The second kappa shape index (κ2) is 13.3. The Hall–Kier alpha value is -3.48. The molecule has 3 aromatic carbocycles. The van der Waals surface area contributed by atoms with Crippen LogP contribution in [-0.2, 0) is 23.1 Å². The maximum absolute atomic E-state index is 13.5. The molecule has 1 aliphatic rings. The Morgan fingerprint density at radius 3 is 2.54 bits per heavy atom. The Morgan fingerprint density at radius 2 is 1.80 bits per heavy atom. The van der Waals surface area contributed by atoms with Crippen LogP contribution in [0.25, 0.3) is 11.0 Å². The third kappa shape index (κ3) is 7.08. The highest BCUT2D eigenvalue weighted by Gasteiger charge is 2.33. The smallest absolute Gasteiger partial charge is 0.306 e. The number of benzene rings is 3. The van der Waals surface area contributed by atoms with Crippen molar-refractivity contribution in [2.75, 3.05) is 52.3 Å². The molecular weight excluding hydrogens is 600 g/mol. The Balaban J connectivity index is 1.50. The van der Waals surface area contributed by atoms with Gasteiger partial charge in [-0.1, -0.05) is 55.5 Å². The number of ether oxygens (including phenoxy) is 1. The Bertz CT molecular complexity index is 1720. The Labute approximate surface area is 274 Å². The number of hydrogen-bond donors (Lipinski definition) is 2. The van der Waals surface area contributed by atoms with Crippen LogP contribution in [0.3, 0.4) is 0 Å². The minimum absolute atomic E-state index is 0.157. The predicted molar refractivity (Wildman–Crippen MR) is 185 cm³/mol. The summed E-state index contributed by atoms with van der Waals surface area (Å²) in [5, 5.41) is 8.64. The summed E-state index contributed by atoms with van der Waals surface area (Å²) in [4.78, 5) is 18.2. The molecule has 10 nitrogen and oxygen atoms in total. The maximum atomic E-state index is 13.5. The summed E-state index contributed by atoms with van der Waals surface area (Å²) in [6.45, 7) is 10.9. The molecule has 4 aromatic rings. The van der Waals surface area contributed by atoms with Crippen molar-refractivity contribution < 1.29 is 18.6 Å². The summed E-state index contributed by atoms with van der Waals surface area (Å²) in [7, 11) is 4.64. The molecule has 2 N–H and O–H groups in total. The van der Waals surface area contributed by atoms with Gasteiger partial charge in [0.1, 0.15) is 5.52 Å². The third-order valence-electron chi connectivity index (χ3n) is 8.93. The van der Waals surface area contributed by atoms with Gasteiger partial charge in [-0.2, -0.15) is 4.31 Å². The summed E-state index contributed by atoms with van der Waals surface area (Å²) in [5.74, 6) is -0.564. The summed E-state index contributed by atoms with van der Waals surface area (Å²) in [6, 6.07) is 17.8. The molecule has 1 unspecified atom stereocenters. The van der Waals surface area contributed by atoms with E-state index >= 15 is 0 Å². The van der Waals surface area contributed by atoms with E-state index in [-0.39, 0.29) is 23.7 Å². The molecule has 0 radical (unpaired) electrons. The van der Waals surface area contributed by atoms with Crippen LogP contribution in [0.5, 0.6) is 0 Å². The van der Waals surface area contributed by atoms with E-state index in [1.54, 1.807) is 15.1 Å². The van der Waals surface area contributed by atoms with Gasteiger partial charge in [-0.25, -0.2) is 4.68 Å². The summed E-state index contributed by atoms with van der Waals surface area (Å²) in [6.07, 6.45) is 0.157. The maximum Gasteiger partial charge on any atom is 0.306 e. The largest absolute Gasteiger partial charge is 0.465 e. The van der Waals surface area contributed by atoms with Crippen molar-refractivity contribution in [1.29, 1.82) is 0 Å². The van der Waals surface area contributed by atoms with Crippen LogP contribution in [0, 0.1) is 19.3 Å². The number of carbonyl (C=O) groups excluding carboxylic acids is 1. The molecule has 0 amide bonds. The molecule has 0 spiro atoms. The number of anilines is 1. The van der Waals surface area contributed by atoms with Crippen LogP contribution < -0.4 is 4.90 Å². The molecule has 1 aliphatic heterocycles. The first-order valence-corrected chi connectivity index (χ1v) is 17.2. The molecule has 0 saturated carbocycles. The summed E-state index contributed by atoms with van der Waals surface area (Å²) < 4.78 is 32.6. The van der Waals surface area contributed by atoms with Gasteiger partial charge in [0.2, 0.25) is 0 Å². The monoisotopic (exact) mass is 648 g/mol. The van der Waals surface area contributed by atoms with Crippen LogP contribution in [0.1, 0.15) is 54.0 Å². The zero-order valence-electron chi connectivity index (χ0n) is 28.3. The number of rotatable bonds is 10. The van der Waals surface area contributed by atoms with Crippen molar-refractivity contribution in [3.63, 3.8) is 0 Å². The predicted octanol–water partition coefficient (Wildman–Crippen LogP) is 6.21. The number of aromatic nitrogens is 3. The molecule has 1 atom stereocenters. The number of fused-ring (bicyclic) bond motifs is 2. The van der Waals surface area contributed by atoms with Crippen molar-refractivity contribution in [2.24, 2.45) is 12.5 Å². The molecular formula is C35H48N6O4S. The number of likely N-dealkylation sites (N-methyl/N-ethyl adjacent to an activating group) is 1. The molecule has 11 heteroatoms. The first-order valence-electron chi connectivity index (χ1n) is 15.7. The van der Waals surface area contributed by atoms with Crippen molar-refractivity contribution >= 4 is 33.5 Å². The van der Waals surface area contributed by atoms with E-state index in [1.807, 2.05) is 66.3 Å². The molecule has 5 rings (SSSR count). The van der Waals surface area contributed by atoms with Gasteiger partial charge in [0.15, 0.2) is 0 Å². The Morgan fingerprint density at radius 1 is 1.07 bits per heavy atom. The standard InChI is InChI=1S/C35H48N6O4S/c1-24-13-14-26(19-27(24)21-41-18-17-39(7)30-11-9-10-12-32(30)46(41,43)44)29(20-33(42)45-23-35(3,4)22-38(5)6)28-15-16-31-34(25(28)2)36-37-40(31)8/h9-16,19,29,43-44H,17-18,20-23H2,1-8H3. The van der Waals surface area contributed by atoms with E-state index in [4.69, 9.17) is 4.74 Å². The van der Waals surface area contributed by atoms with Crippen LogP contribution in [0.4, 0.5) is 5.69 Å². The second-order valence-electron chi connectivity index (χ2n) is 13.6. The molecule has 0 saturated heterocycles. The first kappa shape index (κ1) is 33.9. The highest BCUT2D eigenvalue weighted by molar-refractivity contribution is 8.22. The SMILES string of the molecule is Cc1ccc(C(CC(=O)OCC(C)(C)CN(C)C)c2ccc3c(nnn3C)c2C)cc1CN1CCN(C)c2ccccc2S1(O)O. The van der Waals surface area contributed by atoms with Crippen LogP contribution >= 0.6 is 10.8 Å². The van der Waals surface area contributed by atoms with Gasteiger partial charge in [0.05, 0.1) is 29.1 Å². The first-order chi connectivity index (χ1) is 21.7. The number of aryl methyl sites for hydroxylation is 3. The molecule has 1 aromatic heterocycles. The zero-order chi connectivity index (χ0) is 33.4. The topological polar surface area (TPSA) is 107 Å². The molecule has 0 bridgehead atoms. The van der Waals surface area contributed by atoms with Crippen molar-refractivity contribution in [3.05, 3.63) is 82.4 Å². The summed E-state index contributed by atoms with van der Waals surface area (Å²) >= 11 is 0. The molecule has 0 aliphatic carbocycles. The Kier molecular flexibility index (Phi) is 9.81. The van der Waals surface area contributed by atoms with Crippen LogP contribution in [0.15, 0.2) is 59.5 Å². The normalized spacial score (nSPS) is 16.7. The van der Waals surface area contributed by atoms with Gasteiger partial charge in [-0.05, 0) is 74.0 Å². The third-order valence-corrected chi connectivity index (χ3v) is 10.9. The van der Waals surface area contributed by atoms with E-state index in [9.17, 15) is 13.9 Å². The lowest BCUT2D eigenvalue weighted by Crippen LogP contribution is -2.33. The summed E-state index contributed by atoms with van der Waals surface area (Å²) in [5.41, 5.74) is 7.30. The quantitative estimate of drug-likeness (QED) is 0.194. The minimum atomic E-state index is -3.23. The van der Waals surface area contributed by atoms with E-state index in [1.165, 1.54) is 0 Å². The number of esters is 1. The fraction of sp³-hybridized carbons (Fsp3) is 0.457. The van der Waals surface area contributed by atoms with E-state index < -0.39 is 10.8 Å². The van der Waals surface area contributed by atoms with Gasteiger partial charge in [-0.15, -0.1) is 15.9 Å². The fourth-order valence-corrected chi connectivity index (χ4v) is 8.23. The number of para-hydroxylation sites is 1. The molecule has 2 heterocycles. The lowest BCUT2D eigenvalue weighted by molar-refractivity contribution is -0.147. The average molecular weight is 649 g/mol. The highest BCUT2D eigenvalue weighted by Crippen LogP contribution is 2.56. The van der Waals surface area contributed by atoms with Crippen molar-refractivity contribution in [2.45, 2.75) is 51.5 Å². The fourth-order valence-electron chi connectivity index (χ4n) is 6.53. The van der Waals surface area contributed by atoms with E-state index in [0.717, 1.165) is 51.1 Å². The van der Waals surface area contributed by atoms with Gasteiger partial charge < -0.3 is 14.5 Å². The molecule has 248 valence electrons. The lowest BCUT2D eigenvalue weighted by atomic mass is 9.84. The molecule has 0 fully saturated rings. The molecule has 46 heavy (non-hydrogen) atoms. The number of nitrogens with zero attached hydrogens (tertiary/aromatic N) is 6. The zero-order valence-corrected chi connectivity index (χ0v) is 29.1. The van der Waals surface area contributed by atoms with Crippen molar-refractivity contribution in [1.82, 2.24) is 24.2 Å². The van der Waals surface area contributed by atoms with Crippen LogP contribution in [0.2, 0.25) is 0 Å². The number of hydrogen-bond acceptors (Lipinski definition) is 9. The van der Waals surface area contributed by atoms with Gasteiger partial charge in [0, 0.05) is 51.6 Å². The van der Waals surface area contributed by atoms with Gasteiger partial charge in [0.25, 0.3) is 0 Å². The van der Waals surface area contributed by atoms with Gasteiger partial charge >= 0.3 is 5.97 Å². The lowest BCUT2D eigenvalue weighted by Gasteiger charge is -2.42. The van der Waals surface area contributed by atoms with Crippen LogP contribution in [-0.4, -0.2) is 86.7 Å². The van der Waals surface area contributed by atoms with E-state index in [0.29, 0.717) is 31.1 Å². The average Bonchev–Trinajstić information content (AvgIpc) is 3.34. The van der Waals surface area contributed by atoms with E-state index in [2.05, 4.69) is 58.2 Å². The number of carbonyl (C=O) groups is 1. The highest BCUT2D eigenvalue weighted by atomic mass is 32.3. The van der Waals surface area contributed by atoms with Crippen molar-refractivity contribution in [3.8, 4) is 0 Å².